The van der Waals surface area contributed by atoms with Crippen LogP contribution in [0.2, 0.25) is 0 Å². The molecule has 0 aliphatic rings. The zero-order valence-corrected chi connectivity index (χ0v) is 11.7. The van der Waals surface area contributed by atoms with Gasteiger partial charge in [0.2, 0.25) is 0 Å². The number of thiophene rings is 1. The van der Waals surface area contributed by atoms with Crippen LogP contribution in [0.4, 0.5) is 10.1 Å². The van der Waals surface area contributed by atoms with Gasteiger partial charge in [-0.25, -0.2) is 4.39 Å². The van der Waals surface area contributed by atoms with E-state index in [9.17, 15) is 4.39 Å². The summed E-state index contributed by atoms with van der Waals surface area (Å²) >= 11 is 6.64. The first kappa shape index (κ1) is 13.2. The van der Waals surface area contributed by atoms with E-state index in [1.54, 1.807) is 23.5 Å². The largest absolute Gasteiger partial charge is 0.384 e. The highest BCUT2D eigenvalue weighted by Crippen LogP contribution is 2.30. The summed E-state index contributed by atoms with van der Waals surface area (Å²) in [6, 6.07) is 8.69. The van der Waals surface area contributed by atoms with Crippen molar-refractivity contribution in [3.8, 4) is 10.4 Å². The number of rotatable bonds is 5. The van der Waals surface area contributed by atoms with Gasteiger partial charge >= 0.3 is 0 Å². The zero-order valence-electron chi connectivity index (χ0n) is 10.1. The molecule has 0 bridgehead atoms. The van der Waals surface area contributed by atoms with Crippen LogP contribution in [0, 0.1) is 5.82 Å². The summed E-state index contributed by atoms with van der Waals surface area (Å²) in [5.74, 6) is -0.202. The van der Waals surface area contributed by atoms with Gasteiger partial charge in [-0.3, -0.25) is 0 Å². The van der Waals surface area contributed by atoms with E-state index in [4.69, 9.17) is 12.2 Å². The monoisotopic (exact) mass is 279 g/mol. The Morgan fingerprint density at radius 3 is 2.94 bits per heavy atom. The number of anilines is 1. The molecule has 0 saturated carbocycles. The van der Waals surface area contributed by atoms with Crippen molar-refractivity contribution in [1.29, 1.82) is 0 Å². The lowest BCUT2D eigenvalue weighted by Gasteiger charge is -2.01. The third-order valence-corrected chi connectivity index (χ3v) is 3.70. The lowest BCUT2D eigenvalue weighted by Crippen LogP contribution is -2.03. The van der Waals surface area contributed by atoms with Crippen LogP contribution in [-0.2, 0) is 0 Å². The van der Waals surface area contributed by atoms with E-state index in [1.165, 1.54) is 6.07 Å². The van der Waals surface area contributed by atoms with E-state index in [2.05, 4.69) is 5.32 Å². The molecule has 0 fully saturated rings. The Balaban J connectivity index is 2.04. The van der Waals surface area contributed by atoms with Crippen molar-refractivity contribution >= 4 is 34.1 Å². The van der Waals surface area contributed by atoms with Crippen LogP contribution in [0.3, 0.4) is 0 Å². The molecule has 0 radical (unpaired) electrons. The molecule has 4 heteroatoms. The number of benzene rings is 1. The maximum Gasteiger partial charge on any atom is 0.123 e. The van der Waals surface area contributed by atoms with Gasteiger partial charge in [0.15, 0.2) is 0 Å². The Kier molecular flexibility index (Phi) is 4.44. The van der Waals surface area contributed by atoms with Gasteiger partial charge in [0.1, 0.15) is 5.82 Å². The minimum absolute atomic E-state index is 0.202. The fourth-order valence-corrected chi connectivity index (χ4v) is 2.57. The van der Waals surface area contributed by atoms with E-state index in [1.807, 2.05) is 24.4 Å². The summed E-state index contributed by atoms with van der Waals surface area (Å²) in [5, 5.41) is 5.35. The molecule has 1 aromatic carbocycles. The predicted molar refractivity (Wildman–Crippen MR) is 81.1 cm³/mol. The highest BCUT2D eigenvalue weighted by Gasteiger charge is 2.03. The zero-order chi connectivity index (χ0) is 13.0. The summed E-state index contributed by atoms with van der Waals surface area (Å²) in [7, 11) is 0. The molecule has 94 valence electrons. The fourth-order valence-electron chi connectivity index (χ4n) is 1.60. The van der Waals surface area contributed by atoms with Crippen LogP contribution >= 0.6 is 23.6 Å². The number of nitrogens with one attached hydrogen (secondary N) is 1. The molecule has 18 heavy (non-hydrogen) atoms. The maximum atomic E-state index is 13.1. The van der Waals surface area contributed by atoms with Gasteiger partial charge in [0.25, 0.3) is 0 Å². The van der Waals surface area contributed by atoms with Crippen molar-refractivity contribution in [2.75, 3.05) is 11.9 Å². The van der Waals surface area contributed by atoms with Crippen LogP contribution < -0.4 is 5.32 Å². The Bertz CT molecular complexity index is 548. The highest BCUT2D eigenvalue weighted by molar-refractivity contribution is 7.80. The van der Waals surface area contributed by atoms with Crippen molar-refractivity contribution < 1.29 is 4.39 Å². The second-order valence-corrected chi connectivity index (χ2v) is 5.70. The second-order valence-electron chi connectivity index (χ2n) is 4.09. The standard InChI is InChI=1S/C14H14FNS2/c1-10(17)5-6-16-13-8-14(18-9-13)11-3-2-4-12(15)7-11/h2-4,7-9,16H,5-6H2,1H3. The molecule has 1 N–H and O–H groups in total. The normalized spacial score (nSPS) is 10.3. The molecular weight excluding hydrogens is 265 g/mol. The van der Waals surface area contributed by atoms with E-state index in [-0.39, 0.29) is 5.82 Å². The molecule has 1 aromatic heterocycles. The molecule has 1 heterocycles. The molecule has 1 nitrogen and oxygen atoms in total. The first-order chi connectivity index (χ1) is 8.65. The summed E-state index contributed by atoms with van der Waals surface area (Å²) in [5.41, 5.74) is 1.98. The lowest BCUT2D eigenvalue weighted by atomic mass is 10.2. The minimum Gasteiger partial charge on any atom is -0.384 e. The number of hydrogen-bond donors (Lipinski definition) is 1. The fraction of sp³-hybridized carbons (Fsp3) is 0.214. The van der Waals surface area contributed by atoms with Crippen molar-refractivity contribution in [3.63, 3.8) is 0 Å². The van der Waals surface area contributed by atoms with Gasteiger partial charge in [-0.05, 0) is 42.0 Å². The Morgan fingerprint density at radius 2 is 2.22 bits per heavy atom. The average molecular weight is 279 g/mol. The number of thiocarbonyl (C=S) groups is 1. The highest BCUT2D eigenvalue weighted by atomic mass is 32.1. The average Bonchev–Trinajstić information content (AvgIpc) is 2.77. The molecule has 0 aliphatic heterocycles. The Morgan fingerprint density at radius 1 is 1.39 bits per heavy atom. The van der Waals surface area contributed by atoms with Crippen LogP contribution in [0.15, 0.2) is 35.7 Å². The van der Waals surface area contributed by atoms with Crippen LogP contribution in [0.5, 0.6) is 0 Å². The summed E-state index contributed by atoms with van der Waals surface area (Å²) in [6.07, 6.45) is 0.889. The summed E-state index contributed by atoms with van der Waals surface area (Å²) in [4.78, 5) is 2.07. The molecule has 0 amide bonds. The van der Waals surface area contributed by atoms with E-state index in [0.29, 0.717) is 0 Å². The molecular formula is C14H14FNS2. The van der Waals surface area contributed by atoms with Gasteiger partial charge in [-0.1, -0.05) is 24.4 Å². The van der Waals surface area contributed by atoms with Crippen molar-refractivity contribution in [1.82, 2.24) is 0 Å². The Labute approximate surface area is 116 Å². The summed E-state index contributed by atoms with van der Waals surface area (Å²) in [6.45, 7) is 2.79. The minimum atomic E-state index is -0.202. The summed E-state index contributed by atoms with van der Waals surface area (Å²) < 4.78 is 13.1. The SMILES string of the molecule is CC(=S)CCNc1csc(-c2cccc(F)c2)c1. The number of halogens is 1. The van der Waals surface area contributed by atoms with Crippen LogP contribution in [0.1, 0.15) is 13.3 Å². The molecule has 0 aliphatic carbocycles. The third-order valence-electron chi connectivity index (χ3n) is 2.51. The van der Waals surface area contributed by atoms with E-state index < -0.39 is 0 Å². The molecule has 0 atom stereocenters. The van der Waals surface area contributed by atoms with E-state index in [0.717, 1.165) is 34.0 Å². The second kappa shape index (κ2) is 6.07. The molecule has 2 rings (SSSR count). The van der Waals surface area contributed by atoms with Crippen LogP contribution in [-0.4, -0.2) is 11.4 Å². The van der Waals surface area contributed by atoms with Crippen molar-refractivity contribution in [2.24, 2.45) is 0 Å². The van der Waals surface area contributed by atoms with Gasteiger partial charge in [0.05, 0.1) is 0 Å². The van der Waals surface area contributed by atoms with Gasteiger partial charge < -0.3 is 5.32 Å². The smallest absolute Gasteiger partial charge is 0.123 e. The molecule has 2 aromatic rings. The topological polar surface area (TPSA) is 12.0 Å². The quantitative estimate of drug-likeness (QED) is 0.793. The molecule has 0 unspecified atom stereocenters. The number of hydrogen-bond acceptors (Lipinski definition) is 3. The predicted octanol–water partition coefficient (Wildman–Crippen LogP) is 4.75. The van der Waals surface area contributed by atoms with Gasteiger partial charge in [-0.15, -0.1) is 11.3 Å². The van der Waals surface area contributed by atoms with E-state index >= 15 is 0 Å². The van der Waals surface area contributed by atoms with Crippen molar-refractivity contribution in [2.45, 2.75) is 13.3 Å². The van der Waals surface area contributed by atoms with Crippen molar-refractivity contribution in [3.05, 3.63) is 41.5 Å². The first-order valence-electron chi connectivity index (χ1n) is 5.73. The molecule has 0 spiro atoms. The third kappa shape index (κ3) is 3.62. The van der Waals surface area contributed by atoms with Gasteiger partial charge in [0, 0.05) is 22.5 Å². The lowest BCUT2D eigenvalue weighted by molar-refractivity contribution is 0.628. The van der Waals surface area contributed by atoms with Gasteiger partial charge in [-0.2, -0.15) is 0 Å². The maximum absolute atomic E-state index is 13.1. The first-order valence-corrected chi connectivity index (χ1v) is 7.02. The van der Waals surface area contributed by atoms with Crippen LogP contribution in [0.25, 0.3) is 10.4 Å². The molecule has 0 saturated heterocycles. The Hall–Kier alpha value is -1.26.